The molecule has 1 fully saturated rings. The van der Waals surface area contributed by atoms with Crippen molar-refractivity contribution in [1.82, 2.24) is 0 Å². The van der Waals surface area contributed by atoms with Crippen molar-refractivity contribution >= 4 is 11.3 Å². The van der Waals surface area contributed by atoms with Crippen molar-refractivity contribution in [2.75, 3.05) is 0 Å². The van der Waals surface area contributed by atoms with E-state index in [2.05, 4.69) is 24.4 Å². The first-order chi connectivity index (χ1) is 7.29. The predicted octanol–water partition coefficient (Wildman–Crippen LogP) is 3.76. The van der Waals surface area contributed by atoms with Crippen molar-refractivity contribution in [3.63, 3.8) is 0 Å². The Hall–Kier alpha value is -0.340. The van der Waals surface area contributed by atoms with Gasteiger partial charge in [0.05, 0.1) is 0 Å². The third-order valence-corrected chi connectivity index (χ3v) is 4.66. The van der Waals surface area contributed by atoms with Crippen LogP contribution in [0.2, 0.25) is 0 Å². The van der Waals surface area contributed by atoms with Crippen molar-refractivity contribution in [2.45, 2.75) is 51.0 Å². The van der Waals surface area contributed by atoms with Crippen LogP contribution in [0.15, 0.2) is 17.5 Å². The maximum atomic E-state index is 6.14. The van der Waals surface area contributed by atoms with Gasteiger partial charge in [-0.3, -0.25) is 0 Å². The van der Waals surface area contributed by atoms with Crippen LogP contribution in [0, 0.1) is 5.92 Å². The zero-order valence-corrected chi connectivity index (χ0v) is 10.3. The van der Waals surface area contributed by atoms with Crippen LogP contribution in [0.3, 0.4) is 0 Å². The van der Waals surface area contributed by atoms with Gasteiger partial charge >= 0.3 is 0 Å². The Morgan fingerprint density at radius 3 is 2.80 bits per heavy atom. The highest BCUT2D eigenvalue weighted by atomic mass is 32.1. The van der Waals surface area contributed by atoms with Crippen molar-refractivity contribution in [3.05, 3.63) is 22.4 Å². The first-order valence-electron chi connectivity index (χ1n) is 6.08. The van der Waals surface area contributed by atoms with Crippen LogP contribution in [0.1, 0.15) is 49.8 Å². The molecule has 0 aliphatic heterocycles. The van der Waals surface area contributed by atoms with Gasteiger partial charge < -0.3 is 5.73 Å². The van der Waals surface area contributed by atoms with E-state index in [0.29, 0.717) is 12.0 Å². The second-order valence-corrected chi connectivity index (χ2v) is 5.76. The second kappa shape index (κ2) is 5.13. The van der Waals surface area contributed by atoms with Crippen molar-refractivity contribution in [2.24, 2.45) is 11.7 Å². The summed E-state index contributed by atoms with van der Waals surface area (Å²) in [7, 11) is 0. The van der Waals surface area contributed by atoms with Gasteiger partial charge in [-0.1, -0.05) is 25.3 Å². The predicted molar refractivity (Wildman–Crippen MR) is 67.3 cm³/mol. The molecular weight excluding hydrogens is 202 g/mol. The Bertz CT molecular complexity index is 279. The molecule has 1 heterocycles. The molecule has 1 aliphatic rings. The Labute approximate surface area is 96.7 Å². The standard InChI is InChI=1S/C13H21NS/c1-10(14)11-6-3-2-4-7-12(11)13-8-5-9-15-13/h5,8-12H,2-4,6-7,14H2,1H3. The molecule has 0 bridgehead atoms. The van der Waals surface area contributed by atoms with Crippen molar-refractivity contribution in [3.8, 4) is 0 Å². The van der Waals surface area contributed by atoms with Gasteiger partial charge in [0.2, 0.25) is 0 Å². The molecule has 2 rings (SSSR count). The highest BCUT2D eigenvalue weighted by Gasteiger charge is 2.28. The van der Waals surface area contributed by atoms with Crippen LogP contribution in [0.25, 0.3) is 0 Å². The SMILES string of the molecule is CC(N)C1CCCCCC1c1cccs1. The average Bonchev–Trinajstić information content (AvgIpc) is 2.61. The largest absolute Gasteiger partial charge is 0.328 e. The molecule has 1 saturated carbocycles. The second-order valence-electron chi connectivity index (χ2n) is 4.78. The van der Waals surface area contributed by atoms with Crippen LogP contribution in [0.4, 0.5) is 0 Å². The van der Waals surface area contributed by atoms with Gasteiger partial charge in [0.15, 0.2) is 0 Å². The molecule has 0 amide bonds. The van der Waals surface area contributed by atoms with Crippen LogP contribution in [0.5, 0.6) is 0 Å². The van der Waals surface area contributed by atoms with E-state index < -0.39 is 0 Å². The van der Waals surface area contributed by atoms with E-state index in [1.54, 1.807) is 4.88 Å². The normalized spacial score (nSPS) is 29.7. The van der Waals surface area contributed by atoms with Gasteiger partial charge in [-0.2, -0.15) is 0 Å². The van der Waals surface area contributed by atoms with Gasteiger partial charge in [0, 0.05) is 10.9 Å². The van der Waals surface area contributed by atoms with Gasteiger partial charge in [-0.25, -0.2) is 0 Å². The van der Waals surface area contributed by atoms with E-state index in [1.165, 1.54) is 32.1 Å². The van der Waals surface area contributed by atoms with Crippen LogP contribution in [-0.4, -0.2) is 6.04 Å². The molecule has 0 radical (unpaired) electrons. The minimum Gasteiger partial charge on any atom is -0.328 e. The summed E-state index contributed by atoms with van der Waals surface area (Å²) in [6.45, 7) is 2.18. The van der Waals surface area contributed by atoms with Gasteiger partial charge in [-0.15, -0.1) is 11.3 Å². The number of rotatable bonds is 2. The fourth-order valence-electron chi connectivity index (χ4n) is 2.82. The monoisotopic (exact) mass is 223 g/mol. The lowest BCUT2D eigenvalue weighted by Crippen LogP contribution is -2.30. The molecule has 2 N–H and O–H groups in total. The Morgan fingerprint density at radius 2 is 2.13 bits per heavy atom. The summed E-state index contributed by atoms with van der Waals surface area (Å²) in [5.74, 6) is 1.43. The summed E-state index contributed by atoms with van der Waals surface area (Å²) in [5, 5.41) is 2.19. The molecule has 1 aromatic heterocycles. The number of hydrogen-bond acceptors (Lipinski definition) is 2. The number of hydrogen-bond donors (Lipinski definition) is 1. The molecule has 0 saturated heterocycles. The van der Waals surface area contributed by atoms with E-state index in [0.717, 1.165) is 5.92 Å². The molecule has 1 aliphatic carbocycles. The third-order valence-electron chi connectivity index (χ3n) is 3.65. The van der Waals surface area contributed by atoms with E-state index in [-0.39, 0.29) is 0 Å². The third kappa shape index (κ3) is 2.61. The molecule has 0 aromatic carbocycles. The van der Waals surface area contributed by atoms with E-state index in [4.69, 9.17) is 5.73 Å². The number of nitrogens with two attached hydrogens (primary N) is 1. The molecule has 1 aromatic rings. The molecule has 3 unspecified atom stereocenters. The zero-order chi connectivity index (χ0) is 10.7. The molecule has 3 atom stereocenters. The van der Waals surface area contributed by atoms with Gasteiger partial charge in [0.25, 0.3) is 0 Å². The molecule has 84 valence electrons. The number of thiophene rings is 1. The Morgan fingerprint density at radius 1 is 1.33 bits per heavy atom. The van der Waals surface area contributed by atoms with Crippen LogP contribution in [-0.2, 0) is 0 Å². The molecule has 0 spiro atoms. The highest BCUT2D eigenvalue weighted by molar-refractivity contribution is 7.10. The molecule has 15 heavy (non-hydrogen) atoms. The maximum absolute atomic E-state index is 6.14. The maximum Gasteiger partial charge on any atom is 0.00795 e. The first kappa shape index (κ1) is 11.2. The van der Waals surface area contributed by atoms with Crippen LogP contribution >= 0.6 is 11.3 Å². The Kier molecular flexibility index (Phi) is 3.81. The summed E-state index contributed by atoms with van der Waals surface area (Å²) in [5.41, 5.74) is 6.14. The summed E-state index contributed by atoms with van der Waals surface area (Å²) in [4.78, 5) is 1.55. The lowest BCUT2D eigenvalue weighted by atomic mass is 9.82. The average molecular weight is 223 g/mol. The fraction of sp³-hybridized carbons (Fsp3) is 0.692. The highest BCUT2D eigenvalue weighted by Crippen LogP contribution is 2.39. The Balaban J connectivity index is 2.17. The smallest absolute Gasteiger partial charge is 0.00795 e. The topological polar surface area (TPSA) is 26.0 Å². The van der Waals surface area contributed by atoms with E-state index >= 15 is 0 Å². The molecule has 2 heteroatoms. The lowest BCUT2D eigenvalue weighted by molar-refractivity contribution is 0.348. The van der Waals surface area contributed by atoms with Gasteiger partial charge in [-0.05, 0) is 43.0 Å². The summed E-state index contributed by atoms with van der Waals surface area (Å²) < 4.78 is 0. The fourth-order valence-corrected chi connectivity index (χ4v) is 3.76. The van der Waals surface area contributed by atoms with Gasteiger partial charge in [0.1, 0.15) is 0 Å². The van der Waals surface area contributed by atoms with Crippen molar-refractivity contribution in [1.29, 1.82) is 0 Å². The quantitative estimate of drug-likeness (QED) is 0.759. The minimum atomic E-state index is 0.343. The lowest BCUT2D eigenvalue weighted by Gasteiger charge is -2.27. The van der Waals surface area contributed by atoms with Crippen LogP contribution < -0.4 is 5.73 Å². The molecular formula is C13H21NS. The summed E-state index contributed by atoms with van der Waals surface area (Å²) in [6.07, 6.45) is 6.80. The summed E-state index contributed by atoms with van der Waals surface area (Å²) >= 11 is 1.90. The minimum absolute atomic E-state index is 0.343. The van der Waals surface area contributed by atoms with E-state index in [9.17, 15) is 0 Å². The summed E-state index contributed by atoms with van der Waals surface area (Å²) in [6, 6.07) is 4.80. The zero-order valence-electron chi connectivity index (χ0n) is 9.49. The molecule has 1 nitrogen and oxygen atoms in total. The first-order valence-corrected chi connectivity index (χ1v) is 6.96. The van der Waals surface area contributed by atoms with Crippen molar-refractivity contribution < 1.29 is 0 Å². The van der Waals surface area contributed by atoms with E-state index in [1.807, 2.05) is 11.3 Å².